The normalized spacial score (nSPS) is 17.8. The topological polar surface area (TPSA) is 78.3 Å². The van der Waals surface area contributed by atoms with E-state index in [-0.39, 0.29) is 5.56 Å². The van der Waals surface area contributed by atoms with E-state index in [0.717, 1.165) is 60.4 Å². The van der Waals surface area contributed by atoms with Crippen molar-refractivity contribution in [1.29, 1.82) is 0 Å². The second kappa shape index (κ2) is 8.07. The van der Waals surface area contributed by atoms with E-state index in [1.807, 2.05) is 12.1 Å². The Morgan fingerprint density at radius 3 is 2.73 bits per heavy atom. The summed E-state index contributed by atoms with van der Waals surface area (Å²) in [4.78, 5) is 29.0. The molecule has 0 aliphatic carbocycles. The van der Waals surface area contributed by atoms with Gasteiger partial charge < -0.3 is 14.3 Å². The summed E-state index contributed by atoms with van der Waals surface area (Å²) in [6.07, 6.45) is 6.61. The second-order valence-electron chi connectivity index (χ2n) is 8.45. The number of nitrogens with one attached hydrogen (secondary N) is 1. The van der Waals surface area contributed by atoms with Gasteiger partial charge in [-0.2, -0.15) is 0 Å². The first-order chi connectivity index (χ1) is 14.7. The third-order valence-corrected chi connectivity index (χ3v) is 6.22. The molecule has 156 valence electrons. The first kappa shape index (κ1) is 19.1. The van der Waals surface area contributed by atoms with Crippen LogP contribution in [0.4, 0.5) is 5.88 Å². The van der Waals surface area contributed by atoms with Gasteiger partial charge in [-0.3, -0.25) is 14.7 Å². The lowest BCUT2D eigenvalue weighted by Crippen LogP contribution is -2.35. The second-order valence-corrected chi connectivity index (χ2v) is 8.45. The Bertz CT molecular complexity index is 1070. The highest BCUT2D eigenvalue weighted by atomic mass is 16.4. The van der Waals surface area contributed by atoms with Crippen molar-refractivity contribution >= 4 is 5.88 Å². The van der Waals surface area contributed by atoms with Crippen molar-refractivity contribution in [2.24, 2.45) is 5.92 Å². The number of aromatic amines is 1. The fourth-order valence-corrected chi connectivity index (χ4v) is 4.33. The smallest absolute Gasteiger partial charge is 0.255 e. The Hall–Kier alpha value is -2.93. The highest BCUT2D eigenvalue weighted by Crippen LogP contribution is 2.26. The molecule has 2 aliphatic rings. The third kappa shape index (κ3) is 3.89. The first-order valence-electron chi connectivity index (χ1n) is 10.7. The van der Waals surface area contributed by atoms with Crippen molar-refractivity contribution in [2.75, 3.05) is 24.5 Å². The van der Waals surface area contributed by atoms with Crippen LogP contribution in [0.5, 0.6) is 0 Å². The van der Waals surface area contributed by atoms with E-state index in [2.05, 4.69) is 38.8 Å². The lowest BCUT2D eigenvalue weighted by atomic mass is 9.99. The van der Waals surface area contributed by atoms with E-state index in [1.54, 1.807) is 12.4 Å². The molecule has 1 fully saturated rings. The summed E-state index contributed by atoms with van der Waals surface area (Å²) >= 11 is 0. The minimum Gasteiger partial charge on any atom is -0.444 e. The lowest BCUT2D eigenvalue weighted by Gasteiger charge is -2.30. The van der Waals surface area contributed by atoms with Gasteiger partial charge in [0.15, 0.2) is 5.88 Å². The predicted octanol–water partition coefficient (Wildman–Crippen LogP) is 3.22. The molecule has 3 aromatic heterocycles. The van der Waals surface area contributed by atoms with Crippen molar-refractivity contribution in [3.05, 3.63) is 64.0 Å². The Kier molecular flexibility index (Phi) is 5.12. The molecule has 0 amide bonds. The molecule has 5 heterocycles. The molecule has 7 nitrogen and oxygen atoms in total. The molecule has 0 aromatic carbocycles. The molecule has 3 aromatic rings. The number of hydrogen-bond donors (Lipinski definition) is 1. The minimum absolute atomic E-state index is 0.0564. The van der Waals surface area contributed by atoms with E-state index in [4.69, 9.17) is 9.40 Å². The van der Waals surface area contributed by atoms with Crippen LogP contribution in [0.2, 0.25) is 0 Å². The molecule has 0 saturated carbocycles. The van der Waals surface area contributed by atoms with Crippen LogP contribution in [0.1, 0.15) is 36.8 Å². The van der Waals surface area contributed by atoms with Gasteiger partial charge in [-0.05, 0) is 37.0 Å². The Balaban J connectivity index is 1.28. The zero-order valence-electron chi connectivity index (χ0n) is 17.3. The molecule has 2 aliphatic heterocycles. The number of furan rings is 1. The standard InChI is InChI=1S/C23H27N5O2/c1-16-6-12-28(13-7-16)21-3-2-18(30-21)14-27-11-8-20-19(15-27)23(29)26-22(25-20)17-4-9-24-10-5-17/h2-5,9-10,16H,6-8,11-15H2,1H3,(H,25,26,29). The summed E-state index contributed by atoms with van der Waals surface area (Å²) in [5, 5.41) is 0. The number of anilines is 1. The molecular weight excluding hydrogens is 378 g/mol. The fraction of sp³-hybridized carbons (Fsp3) is 0.435. The van der Waals surface area contributed by atoms with E-state index in [0.29, 0.717) is 18.9 Å². The van der Waals surface area contributed by atoms with E-state index >= 15 is 0 Å². The molecule has 0 spiro atoms. The zero-order chi connectivity index (χ0) is 20.5. The fourth-order valence-electron chi connectivity index (χ4n) is 4.33. The highest BCUT2D eigenvalue weighted by Gasteiger charge is 2.23. The number of hydrogen-bond acceptors (Lipinski definition) is 6. The van der Waals surface area contributed by atoms with Gasteiger partial charge in [-0.15, -0.1) is 0 Å². The average Bonchev–Trinajstić information content (AvgIpc) is 3.23. The highest BCUT2D eigenvalue weighted by molar-refractivity contribution is 5.54. The Morgan fingerprint density at radius 2 is 1.93 bits per heavy atom. The van der Waals surface area contributed by atoms with Crippen LogP contribution in [0.3, 0.4) is 0 Å². The van der Waals surface area contributed by atoms with Crippen LogP contribution in [0.25, 0.3) is 11.4 Å². The molecule has 30 heavy (non-hydrogen) atoms. The van der Waals surface area contributed by atoms with E-state index in [9.17, 15) is 4.79 Å². The van der Waals surface area contributed by atoms with Crippen LogP contribution in [0, 0.1) is 5.92 Å². The summed E-state index contributed by atoms with van der Waals surface area (Å²) < 4.78 is 6.13. The summed E-state index contributed by atoms with van der Waals surface area (Å²) in [5.41, 5.74) is 2.47. The van der Waals surface area contributed by atoms with Gasteiger partial charge in [0.2, 0.25) is 0 Å². The van der Waals surface area contributed by atoms with Gasteiger partial charge in [-0.1, -0.05) is 6.92 Å². The van der Waals surface area contributed by atoms with Crippen molar-refractivity contribution in [2.45, 2.75) is 39.3 Å². The maximum absolute atomic E-state index is 12.7. The number of fused-ring (bicyclic) bond motifs is 1. The zero-order valence-corrected chi connectivity index (χ0v) is 17.3. The summed E-state index contributed by atoms with van der Waals surface area (Å²) in [6.45, 7) is 6.59. The molecule has 7 heteroatoms. The molecule has 0 radical (unpaired) electrons. The number of aromatic nitrogens is 3. The van der Waals surface area contributed by atoms with E-state index < -0.39 is 0 Å². The molecular formula is C23H27N5O2. The molecule has 5 rings (SSSR count). The molecule has 1 saturated heterocycles. The minimum atomic E-state index is -0.0564. The van der Waals surface area contributed by atoms with Crippen molar-refractivity contribution in [3.63, 3.8) is 0 Å². The van der Waals surface area contributed by atoms with Gasteiger partial charge in [0.05, 0.1) is 17.8 Å². The molecule has 0 atom stereocenters. The largest absolute Gasteiger partial charge is 0.444 e. The lowest BCUT2D eigenvalue weighted by molar-refractivity contribution is 0.222. The van der Waals surface area contributed by atoms with Crippen LogP contribution in [0.15, 0.2) is 45.9 Å². The number of pyridine rings is 1. The summed E-state index contributed by atoms with van der Waals surface area (Å²) in [5.74, 6) is 3.33. The van der Waals surface area contributed by atoms with Crippen molar-refractivity contribution < 1.29 is 4.42 Å². The van der Waals surface area contributed by atoms with Gasteiger partial charge in [0.1, 0.15) is 11.6 Å². The molecule has 0 unspecified atom stereocenters. The quantitative estimate of drug-likeness (QED) is 0.718. The molecule has 0 bridgehead atoms. The monoisotopic (exact) mass is 405 g/mol. The van der Waals surface area contributed by atoms with Crippen LogP contribution >= 0.6 is 0 Å². The van der Waals surface area contributed by atoms with Crippen LogP contribution in [-0.4, -0.2) is 39.5 Å². The van der Waals surface area contributed by atoms with Gasteiger partial charge in [0.25, 0.3) is 5.56 Å². The third-order valence-electron chi connectivity index (χ3n) is 6.22. The molecule has 1 N–H and O–H groups in total. The summed E-state index contributed by atoms with van der Waals surface area (Å²) in [7, 11) is 0. The van der Waals surface area contributed by atoms with Crippen LogP contribution in [-0.2, 0) is 19.5 Å². The first-order valence-corrected chi connectivity index (χ1v) is 10.7. The van der Waals surface area contributed by atoms with Crippen molar-refractivity contribution in [1.82, 2.24) is 19.9 Å². The predicted molar refractivity (Wildman–Crippen MR) is 115 cm³/mol. The Labute approximate surface area is 175 Å². The van der Waals surface area contributed by atoms with E-state index in [1.165, 1.54) is 12.8 Å². The maximum Gasteiger partial charge on any atom is 0.255 e. The maximum atomic E-state index is 12.7. The van der Waals surface area contributed by atoms with Gasteiger partial charge in [0, 0.05) is 56.6 Å². The number of rotatable bonds is 4. The van der Waals surface area contributed by atoms with Crippen LogP contribution < -0.4 is 10.5 Å². The van der Waals surface area contributed by atoms with Gasteiger partial charge >= 0.3 is 0 Å². The van der Waals surface area contributed by atoms with Crippen molar-refractivity contribution in [3.8, 4) is 11.4 Å². The van der Waals surface area contributed by atoms with Gasteiger partial charge in [-0.25, -0.2) is 4.98 Å². The number of H-pyrrole nitrogens is 1. The number of nitrogens with zero attached hydrogens (tertiary/aromatic N) is 4. The number of piperidine rings is 1. The average molecular weight is 406 g/mol. The Morgan fingerprint density at radius 1 is 1.13 bits per heavy atom. The SMILES string of the molecule is CC1CCN(c2ccc(CN3CCc4nc(-c5ccncc5)[nH]c(=O)c4C3)o2)CC1. The summed E-state index contributed by atoms with van der Waals surface area (Å²) in [6, 6.07) is 7.87.